The maximum absolute atomic E-state index is 5.75. The van der Waals surface area contributed by atoms with Gasteiger partial charge in [0.05, 0.1) is 12.3 Å². The molecule has 0 radical (unpaired) electrons. The van der Waals surface area contributed by atoms with Gasteiger partial charge in [-0.05, 0) is 43.1 Å². The summed E-state index contributed by atoms with van der Waals surface area (Å²) >= 11 is 0. The Morgan fingerprint density at radius 2 is 1.77 bits per heavy atom. The lowest BCUT2D eigenvalue weighted by atomic mass is 10.1. The van der Waals surface area contributed by atoms with E-state index >= 15 is 0 Å². The van der Waals surface area contributed by atoms with Crippen molar-refractivity contribution in [2.24, 2.45) is 0 Å². The fraction of sp³-hybridized carbons (Fsp3) is 0.368. The zero-order chi connectivity index (χ0) is 15.8. The van der Waals surface area contributed by atoms with Crippen LogP contribution in [0.5, 0.6) is 5.75 Å². The minimum Gasteiger partial charge on any atom is -0.492 e. The molecule has 2 rings (SSSR count). The highest BCUT2D eigenvalue weighted by molar-refractivity contribution is 5.58. The van der Waals surface area contributed by atoms with Gasteiger partial charge in [-0.25, -0.2) is 0 Å². The lowest BCUT2D eigenvalue weighted by molar-refractivity contribution is 0.340. The summed E-state index contributed by atoms with van der Waals surface area (Å²) in [5.74, 6) is 0.954. The van der Waals surface area contributed by atoms with Gasteiger partial charge in [0.25, 0.3) is 0 Å². The largest absolute Gasteiger partial charge is 0.492 e. The van der Waals surface area contributed by atoms with E-state index in [4.69, 9.17) is 4.74 Å². The van der Waals surface area contributed by atoms with Crippen molar-refractivity contribution in [2.45, 2.75) is 19.9 Å². The maximum Gasteiger partial charge on any atom is 0.142 e. The molecule has 0 unspecified atom stereocenters. The van der Waals surface area contributed by atoms with Crippen LogP contribution in [0, 0.1) is 0 Å². The summed E-state index contributed by atoms with van der Waals surface area (Å²) in [6.45, 7) is 4.54. The molecule has 0 aromatic heterocycles. The number of rotatable bonds is 8. The molecule has 0 saturated carbocycles. The minimum atomic E-state index is 0.686. The van der Waals surface area contributed by atoms with Crippen LogP contribution in [0.4, 0.5) is 5.69 Å². The Morgan fingerprint density at radius 1 is 1.00 bits per heavy atom. The van der Waals surface area contributed by atoms with Crippen LogP contribution in [-0.2, 0) is 13.0 Å². The third-order valence-electron chi connectivity index (χ3n) is 3.57. The first-order valence-electron chi connectivity index (χ1n) is 7.88. The quantitative estimate of drug-likeness (QED) is 0.755. The maximum atomic E-state index is 5.75. The Bertz CT molecular complexity index is 567. The van der Waals surface area contributed by atoms with E-state index in [0.717, 1.165) is 30.9 Å². The van der Waals surface area contributed by atoms with Crippen LogP contribution in [0.1, 0.15) is 18.1 Å². The van der Waals surface area contributed by atoms with E-state index in [0.29, 0.717) is 6.61 Å². The standard InChI is InChI=1S/C19H26N2O/c1-4-22-19-14-17(10-11-18(19)21(2)3)15-20-13-12-16-8-6-5-7-9-16/h5-11,14,20H,4,12-13,15H2,1-3H3. The van der Waals surface area contributed by atoms with Crippen LogP contribution in [0.25, 0.3) is 0 Å². The van der Waals surface area contributed by atoms with E-state index in [2.05, 4.69) is 58.7 Å². The minimum absolute atomic E-state index is 0.686. The first kappa shape index (κ1) is 16.4. The summed E-state index contributed by atoms with van der Waals surface area (Å²) in [6, 6.07) is 17.0. The van der Waals surface area contributed by atoms with Crippen molar-refractivity contribution in [3.8, 4) is 5.75 Å². The summed E-state index contributed by atoms with van der Waals surface area (Å²) in [5, 5.41) is 3.50. The Labute approximate surface area is 133 Å². The van der Waals surface area contributed by atoms with Gasteiger partial charge in [-0.15, -0.1) is 0 Å². The zero-order valence-electron chi connectivity index (χ0n) is 13.8. The molecule has 0 atom stereocenters. The van der Waals surface area contributed by atoms with Crippen molar-refractivity contribution in [2.75, 3.05) is 32.1 Å². The van der Waals surface area contributed by atoms with Crippen LogP contribution in [0.15, 0.2) is 48.5 Å². The highest BCUT2D eigenvalue weighted by atomic mass is 16.5. The van der Waals surface area contributed by atoms with Gasteiger partial charge in [0.2, 0.25) is 0 Å². The topological polar surface area (TPSA) is 24.5 Å². The third kappa shape index (κ3) is 4.78. The molecule has 0 fully saturated rings. The molecule has 2 aromatic rings. The smallest absolute Gasteiger partial charge is 0.142 e. The first-order valence-corrected chi connectivity index (χ1v) is 7.88. The molecule has 1 N–H and O–H groups in total. The normalized spacial score (nSPS) is 10.5. The third-order valence-corrected chi connectivity index (χ3v) is 3.57. The fourth-order valence-electron chi connectivity index (χ4n) is 2.42. The van der Waals surface area contributed by atoms with Crippen molar-refractivity contribution in [3.05, 3.63) is 59.7 Å². The summed E-state index contributed by atoms with van der Waals surface area (Å²) in [4.78, 5) is 2.08. The molecule has 0 saturated heterocycles. The van der Waals surface area contributed by atoms with Gasteiger partial charge >= 0.3 is 0 Å². The van der Waals surface area contributed by atoms with Gasteiger partial charge in [0, 0.05) is 20.6 Å². The molecule has 0 bridgehead atoms. The van der Waals surface area contributed by atoms with Crippen molar-refractivity contribution < 1.29 is 4.74 Å². The molecule has 22 heavy (non-hydrogen) atoms. The number of benzene rings is 2. The fourth-order valence-corrected chi connectivity index (χ4v) is 2.42. The molecule has 3 heteroatoms. The average molecular weight is 298 g/mol. The van der Waals surface area contributed by atoms with Crippen molar-refractivity contribution >= 4 is 5.69 Å². The molecule has 2 aromatic carbocycles. The molecule has 0 amide bonds. The van der Waals surface area contributed by atoms with Gasteiger partial charge in [-0.3, -0.25) is 0 Å². The van der Waals surface area contributed by atoms with Crippen LogP contribution in [0.3, 0.4) is 0 Å². The van der Waals surface area contributed by atoms with Crippen LogP contribution in [-0.4, -0.2) is 27.2 Å². The second-order valence-electron chi connectivity index (χ2n) is 5.54. The SMILES string of the molecule is CCOc1cc(CNCCc2ccccc2)ccc1N(C)C. The number of anilines is 1. The van der Waals surface area contributed by atoms with Gasteiger partial charge in [-0.2, -0.15) is 0 Å². The second-order valence-corrected chi connectivity index (χ2v) is 5.54. The van der Waals surface area contributed by atoms with Gasteiger partial charge in [0.15, 0.2) is 0 Å². The highest BCUT2D eigenvalue weighted by Crippen LogP contribution is 2.28. The van der Waals surface area contributed by atoms with E-state index in [1.54, 1.807) is 0 Å². The van der Waals surface area contributed by atoms with E-state index < -0.39 is 0 Å². The van der Waals surface area contributed by atoms with Crippen LogP contribution < -0.4 is 15.0 Å². The predicted molar refractivity (Wildman–Crippen MR) is 93.8 cm³/mol. The van der Waals surface area contributed by atoms with Crippen molar-refractivity contribution in [3.63, 3.8) is 0 Å². The van der Waals surface area contributed by atoms with E-state index in [1.807, 2.05) is 21.0 Å². The monoisotopic (exact) mass is 298 g/mol. The number of nitrogens with one attached hydrogen (secondary N) is 1. The number of nitrogens with zero attached hydrogens (tertiary/aromatic N) is 1. The lowest BCUT2D eigenvalue weighted by Crippen LogP contribution is -2.17. The number of hydrogen-bond donors (Lipinski definition) is 1. The number of ether oxygens (including phenoxy) is 1. The van der Waals surface area contributed by atoms with Crippen molar-refractivity contribution in [1.29, 1.82) is 0 Å². The molecular weight excluding hydrogens is 272 g/mol. The molecule has 0 aliphatic carbocycles. The predicted octanol–water partition coefficient (Wildman–Crippen LogP) is 3.48. The summed E-state index contributed by atoms with van der Waals surface area (Å²) in [7, 11) is 4.07. The Balaban J connectivity index is 1.88. The van der Waals surface area contributed by atoms with Gasteiger partial charge < -0.3 is 15.0 Å². The van der Waals surface area contributed by atoms with Crippen LogP contribution in [0.2, 0.25) is 0 Å². The lowest BCUT2D eigenvalue weighted by Gasteiger charge is -2.18. The van der Waals surface area contributed by atoms with E-state index in [-0.39, 0.29) is 0 Å². The van der Waals surface area contributed by atoms with Crippen LogP contribution >= 0.6 is 0 Å². The highest BCUT2D eigenvalue weighted by Gasteiger charge is 2.06. The van der Waals surface area contributed by atoms with E-state index in [1.165, 1.54) is 11.1 Å². The molecule has 0 aliphatic rings. The summed E-state index contributed by atoms with van der Waals surface area (Å²) < 4.78 is 5.75. The Kier molecular flexibility index (Phi) is 6.28. The zero-order valence-corrected chi connectivity index (χ0v) is 13.8. The molecule has 0 aliphatic heterocycles. The Hall–Kier alpha value is -2.00. The first-order chi connectivity index (χ1) is 10.7. The average Bonchev–Trinajstić information content (AvgIpc) is 2.53. The Morgan fingerprint density at radius 3 is 2.45 bits per heavy atom. The molecule has 118 valence electrons. The molecular formula is C19H26N2O. The van der Waals surface area contributed by atoms with Crippen molar-refractivity contribution in [1.82, 2.24) is 5.32 Å². The molecule has 3 nitrogen and oxygen atoms in total. The summed E-state index contributed by atoms with van der Waals surface area (Å²) in [5.41, 5.74) is 3.74. The molecule has 0 spiro atoms. The number of hydrogen-bond acceptors (Lipinski definition) is 3. The van der Waals surface area contributed by atoms with Gasteiger partial charge in [0.1, 0.15) is 5.75 Å². The van der Waals surface area contributed by atoms with Gasteiger partial charge in [-0.1, -0.05) is 36.4 Å². The summed E-state index contributed by atoms with van der Waals surface area (Å²) in [6.07, 6.45) is 1.05. The molecule has 0 heterocycles. The second kappa shape index (κ2) is 8.44. The van der Waals surface area contributed by atoms with E-state index in [9.17, 15) is 0 Å².